The van der Waals surface area contributed by atoms with Crippen molar-refractivity contribution >= 4 is 24.6 Å². The topological polar surface area (TPSA) is 67.6 Å². The second-order valence-electron chi connectivity index (χ2n) is 5.35. The van der Waals surface area contributed by atoms with Crippen LogP contribution in [0.1, 0.15) is 0 Å². The van der Waals surface area contributed by atoms with Crippen LogP contribution in [0, 0.1) is 0 Å². The standard InChI is InChI=1S/C17H12F3N3O3S/c18-17(19,20)26-14-7-5-12(6-8-14)22-9-15(21-10-22)11-1-3-13(4-2-11)23(27)16(24)25/h1-10,27H,(H,24,25). The monoisotopic (exact) mass is 395 g/mol. The van der Waals surface area contributed by atoms with Crippen molar-refractivity contribution in [2.45, 2.75) is 6.36 Å². The summed E-state index contributed by atoms with van der Waals surface area (Å²) in [6, 6.07) is 11.9. The van der Waals surface area contributed by atoms with Gasteiger partial charge in [0, 0.05) is 17.4 Å². The van der Waals surface area contributed by atoms with Crippen LogP contribution in [0.3, 0.4) is 0 Å². The molecule has 1 amide bonds. The largest absolute Gasteiger partial charge is 0.573 e. The van der Waals surface area contributed by atoms with Gasteiger partial charge in [-0.25, -0.2) is 14.1 Å². The molecule has 1 N–H and O–H groups in total. The molecule has 0 atom stereocenters. The van der Waals surface area contributed by atoms with E-state index in [1.165, 1.54) is 30.6 Å². The number of carbonyl (C=O) groups is 1. The molecule has 0 aliphatic rings. The van der Waals surface area contributed by atoms with Crippen molar-refractivity contribution in [3.63, 3.8) is 0 Å². The van der Waals surface area contributed by atoms with Crippen LogP contribution in [-0.4, -0.2) is 27.1 Å². The van der Waals surface area contributed by atoms with Gasteiger partial charge < -0.3 is 14.4 Å². The van der Waals surface area contributed by atoms with Crippen molar-refractivity contribution in [1.29, 1.82) is 0 Å². The molecule has 27 heavy (non-hydrogen) atoms. The third-order valence-corrected chi connectivity index (χ3v) is 3.94. The third-order valence-electron chi connectivity index (χ3n) is 3.54. The lowest BCUT2D eigenvalue weighted by atomic mass is 10.1. The molecule has 0 radical (unpaired) electrons. The summed E-state index contributed by atoms with van der Waals surface area (Å²) in [5.41, 5.74) is 2.33. The Morgan fingerprint density at radius 1 is 1.11 bits per heavy atom. The van der Waals surface area contributed by atoms with E-state index in [9.17, 15) is 18.0 Å². The number of thiol groups is 1. The maximum atomic E-state index is 12.2. The van der Waals surface area contributed by atoms with Crippen molar-refractivity contribution in [3.05, 3.63) is 61.1 Å². The Labute approximate surface area is 157 Å². The van der Waals surface area contributed by atoms with Crippen molar-refractivity contribution < 1.29 is 27.8 Å². The van der Waals surface area contributed by atoms with Gasteiger partial charge in [-0.15, -0.1) is 13.2 Å². The first-order valence-corrected chi connectivity index (χ1v) is 7.85. The third kappa shape index (κ3) is 4.53. The summed E-state index contributed by atoms with van der Waals surface area (Å²) >= 11 is 3.86. The van der Waals surface area contributed by atoms with Crippen LogP contribution in [0.2, 0.25) is 0 Å². The number of rotatable bonds is 4. The quantitative estimate of drug-likeness (QED) is 0.625. The predicted octanol–water partition coefficient (Wildman–Crippen LogP) is 4.77. The van der Waals surface area contributed by atoms with Crippen LogP contribution >= 0.6 is 12.8 Å². The Hall–Kier alpha value is -3.14. The maximum Gasteiger partial charge on any atom is 0.573 e. The summed E-state index contributed by atoms with van der Waals surface area (Å²) in [6.45, 7) is 0. The van der Waals surface area contributed by atoms with Crippen LogP contribution in [0.25, 0.3) is 16.9 Å². The van der Waals surface area contributed by atoms with Gasteiger partial charge in [0.15, 0.2) is 0 Å². The Morgan fingerprint density at radius 2 is 1.74 bits per heavy atom. The number of halogens is 3. The molecule has 0 bridgehead atoms. The average molecular weight is 395 g/mol. The highest BCUT2D eigenvalue weighted by Gasteiger charge is 2.30. The van der Waals surface area contributed by atoms with Gasteiger partial charge in [0.1, 0.15) is 5.75 Å². The molecule has 0 saturated carbocycles. The van der Waals surface area contributed by atoms with Gasteiger partial charge >= 0.3 is 12.5 Å². The zero-order valence-electron chi connectivity index (χ0n) is 13.5. The minimum atomic E-state index is -4.74. The molecular weight excluding hydrogens is 383 g/mol. The number of aromatic nitrogens is 2. The maximum absolute atomic E-state index is 12.2. The fraction of sp³-hybridized carbons (Fsp3) is 0.0588. The summed E-state index contributed by atoms with van der Waals surface area (Å²) in [7, 11) is 0. The highest BCUT2D eigenvalue weighted by molar-refractivity contribution is 7.82. The van der Waals surface area contributed by atoms with Gasteiger partial charge in [-0.1, -0.05) is 24.9 Å². The number of alkyl halides is 3. The number of hydrogen-bond acceptors (Lipinski definition) is 4. The lowest BCUT2D eigenvalue weighted by molar-refractivity contribution is -0.274. The molecule has 6 nitrogen and oxygen atoms in total. The van der Waals surface area contributed by atoms with Crippen LogP contribution in [0.15, 0.2) is 61.1 Å². The molecule has 1 heterocycles. The molecule has 0 aliphatic heterocycles. The van der Waals surface area contributed by atoms with E-state index in [2.05, 4.69) is 22.5 Å². The number of amides is 1. The first-order chi connectivity index (χ1) is 12.7. The Bertz CT molecular complexity index is 941. The summed E-state index contributed by atoms with van der Waals surface area (Å²) in [6.07, 6.45) is -2.72. The predicted molar refractivity (Wildman–Crippen MR) is 95.2 cm³/mol. The second-order valence-corrected chi connectivity index (χ2v) is 5.75. The fourth-order valence-electron chi connectivity index (χ4n) is 2.32. The summed E-state index contributed by atoms with van der Waals surface area (Å²) in [4.78, 5) is 15.1. The van der Waals surface area contributed by atoms with E-state index in [4.69, 9.17) is 5.11 Å². The van der Waals surface area contributed by atoms with Crippen molar-refractivity contribution in [2.75, 3.05) is 4.31 Å². The lowest BCUT2D eigenvalue weighted by Crippen LogP contribution is -2.17. The zero-order valence-corrected chi connectivity index (χ0v) is 14.4. The number of imidazole rings is 1. The number of ether oxygens (including phenoxy) is 1. The first-order valence-electron chi connectivity index (χ1n) is 7.45. The smallest absolute Gasteiger partial charge is 0.464 e. The number of hydrogen-bond donors (Lipinski definition) is 2. The van der Waals surface area contributed by atoms with Crippen LogP contribution in [0.5, 0.6) is 5.75 Å². The Morgan fingerprint density at radius 3 is 2.30 bits per heavy atom. The zero-order chi connectivity index (χ0) is 19.6. The highest BCUT2D eigenvalue weighted by atomic mass is 32.1. The lowest BCUT2D eigenvalue weighted by Gasteiger charge is -2.11. The van der Waals surface area contributed by atoms with Crippen molar-refractivity contribution in [2.24, 2.45) is 0 Å². The molecule has 0 spiro atoms. The van der Waals surface area contributed by atoms with Crippen LogP contribution in [-0.2, 0) is 0 Å². The normalized spacial score (nSPS) is 11.3. The molecule has 1 aromatic heterocycles. The van der Waals surface area contributed by atoms with E-state index < -0.39 is 12.5 Å². The summed E-state index contributed by atoms with van der Waals surface area (Å²) < 4.78 is 42.9. The molecule has 0 unspecified atom stereocenters. The molecule has 140 valence electrons. The molecule has 10 heteroatoms. The number of nitrogens with zero attached hydrogens (tertiary/aromatic N) is 3. The number of carboxylic acid groups (broad SMARTS) is 1. The molecule has 0 fully saturated rings. The van der Waals surface area contributed by atoms with Gasteiger partial charge in [-0.2, -0.15) is 0 Å². The second kappa shape index (κ2) is 7.23. The number of anilines is 1. The highest BCUT2D eigenvalue weighted by Crippen LogP contribution is 2.26. The molecule has 2 aromatic carbocycles. The van der Waals surface area contributed by atoms with E-state index >= 15 is 0 Å². The van der Waals surface area contributed by atoms with E-state index in [-0.39, 0.29) is 5.75 Å². The van der Waals surface area contributed by atoms with Crippen molar-refractivity contribution in [1.82, 2.24) is 9.55 Å². The SMILES string of the molecule is O=C(O)N(S)c1ccc(-c2cn(-c3ccc(OC(F)(F)F)cc3)cn2)cc1. The molecular formula is C17H12F3N3O3S. The van der Waals surface area contributed by atoms with E-state index in [1.54, 1.807) is 35.0 Å². The van der Waals surface area contributed by atoms with E-state index in [1.807, 2.05) is 0 Å². The van der Waals surface area contributed by atoms with Gasteiger partial charge in [0.25, 0.3) is 0 Å². The van der Waals surface area contributed by atoms with Gasteiger partial charge in [0.2, 0.25) is 0 Å². The van der Waals surface area contributed by atoms with Crippen molar-refractivity contribution in [3.8, 4) is 22.7 Å². The first kappa shape index (κ1) is 18.6. The van der Waals surface area contributed by atoms with Gasteiger partial charge in [-0.3, -0.25) is 0 Å². The van der Waals surface area contributed by atoms with Gasteiger partial charge in [0.05, 0.1) is 17.7 Å². The molecule has 3 aromatic rings. The number of benzene rings is 2. The summed E-state index contributed by atoms with van der Waals surface area (Å²) in [5, 5.41) is 8.90. The Kier molecular flexibility index (Phi) is 5.00. The summed E-state index contributed by atoms with van der Waals surface area (Å²) in [5.74, 6) is -0.308. The van der Waals surface area contributed by atoms with E-state index in [0.29, 0.717) is 17.1 Å². The van der Waals surface area contributed by atoms with Crippen LogP contribution < -0.4 is 9.04 Å². The minimum Gasteiger partial charge on any atom is -0.464 e. The minimum absolute atomic E-state index is 0.308. The fourth-order valence-corrected chi connectivity index (χ4v) is 2.45. The molecule has 3 rings (SSSR count). The average Bonchev–Trinajstić information content (AvgIpc) is 3.10. The Balaban J connectivity index is 1.77. The van der Waals surface area contributed by atoms with Gasteiger partial charge in [-0.05, 0) is 36.4 Å². The van der Waals surface area contributed by atoms with Crippen LogP contribution in [0.4, 0.5) is 23.7 Å². The molecule has 0 saturated heterocycles. The van der Waals surface area contributed by atoms with E-state index in [0.717, 1.165) is 9.87 Å². The molecule has 0 aliphatic carbocycles.